The molecule has 1 aliphatic rings. The predicted octanol–water partition coefficient (Wildman–Crippen LogP) is 3.14. The summed E-state index contributed by atoms with van der Waals surface area (Å²) in [4.78, 5) is 45.9. The van der Waals surface area contributed by atoms with Crippen molar-refractivity contribution in [2.45, 2.75) is 19.9 Å². The SMILES string of the molecule is CC(C)n1cc(C(=O)Nc2ccc(Oc3ccnc(N)c3C#CCN3CCNCC3)c(F)c2)c(=O)n(-c2ccc(F)cc2)c1=O. The number of hydrogen-bond donors (Lipinski definition) is 3. The molecule has 1 fully saturated rings. The van der Waals surface area contributed by atoms with Crippen LogP contribution in [0.15, 0.2) is 70.5 Å². The largest absolute Gasteiger partial charge is 0.453 e. The Balaban J connectivity index is 1.38. The quantitative estimate of drug-likeness (QED) is 0.270. The summed E-state index contributed by atoms with van der Waals surface area (Å²) in [5.41, 5.74) is 4.51. The van der Waals surface area contributed by atoms with Crippen LogP contribution in [0.1, 0.15) is 35.8 Å². The van der Waals surface area contributed by atoms with Gasteiger partial charge in [-0.2, -0.15) is 0 Å². The van der Waals surface area contributed by atoms with E-state index in [-0.39, 0.29) is 34.3 Å². The first-order valence-electron chi connectivity index (χ1n) is 14.2. The standard InChI is InChI=1S/C32H31F2N7O4/c1-20(2)40-19-25(31(43)41(32(40)44)23-8-5-21(33)6-9-23)30(42)38-22-7-10-28(26(34)18-22)45-27-11-12-37-29(35)24(27)4-3-15-39-16-13-36-14-17-39/h5-12,18-20,36H,13-17H2,1-2H3,(H2,35,37)(H,38,42). The highest BCUT2D eigenvalue weighted by Crippen LogP contribution is 2.30. The molecule has 0 radical (unpaired) electrons. The normalized spacial score (nSPS) is 13.3. The Labute approximate surface area is 257 Å². The molecule has 13 heteroatoms. The van der Waals surface area contributed by atoms with Gasteiger partial charge in [-0.25, -0.2) is 23.1 Å². The number of aromatic nitrogens is 3. The van der Waals surface area contributed by atoms with E-state index in [4.69, 9.17) is 10.5 Å². The molecule has 0 saturated carbocycles. The maximum absolute atomic E-state index is 15.2. The zero-order valence-corrected chi connectivity index (χ0v) is 24.6. The van der Waals surface area contributed by atoms with E-state index in [9.17, 15) is 18.8 Å². The third-order valence-electron chi connectivity index (χ3n) is 7.08. The van der Waals surface area contributed by atoms with Gasteiger partial charge in [-0.1, -0.05) is 11.8 Å². The van der Waals surface area contributed by atoms with Crippen molar-refractivity contribution >= 4 is 17.4 Å². The number of ether oxygens (including phenoxy) is 1. The molecular weight excluding hydrogens is 584 g/mol. The number of nitrogen functional groups attached to an aromatic ring is 1. The first-order valence-corrected chi connectivity index (χ1v) is 14.2. The van der Waals surface area contributed by atoms with E-state index in [0.29, 0.717) is 12.1 Å². The van der Waals surface area contributed by atoms with Crippen LogP contribution in [0.3, 0.4) is 0 Å². The summed E-state index contributed by atoms with van der Waals surface area (Å²) in [5, 5.41) is 5.78. The van der Waals surface area contributed by atoms with Crippen LogP contribution in [-0.4, -0.2) is 57.6 Å². The number of rotatable bonds is 7. The van der Waals surface area contributed by atoms with Gasteiger partial charge in [0.05, 0.1) is 12.2 Å². The van der Waals surface area contributed by atoms with Crippen molar-refractivity contribution < 1.29 is 18.3 Å². The topological polar surface area (TPSA) is 137 Å². The zero-order chi connectivity index (χ0) is 32.1. The number of nitrogens with zero attached hydrogens (tertiary/aromatic N) is 4. The lowest BCUT2D eigenvalue weighted by Gasteiger charge is -2.24. The van der Waals surface area contributed by atoms with Crippen LogP contribution < -0.4 is 32.4 Å². The smallest absolute Gasteiger partial charge is 0.335 e. The number of anilines is 2. The minimum absolute atomic E-state index is 0.0326. The molecule has 45 heavy (non-hydrogen) atoms. The summed E-state index contributed by atoms with van der Waals surface area (Å²) in [6, 6.07) is 9.58. The average molecular weight is 616 g/mol. The van der Waals surface area contributed by atoms with Gasteiger partial charge < -0.3 is 21.1 Å². The summed E-state index contributed by atoms with van der Waals surface area (Å²) in [5.74, 6) is 4.02. The Hall–Kier alpha value is -5.32. The molecule has 1 amide bonds. The van der Waals surface area contributed by atoms with E-state index in [0.717, 1.165) is 55.1 Å². The van der Waals surface area contributed by atoms with E-state index in [1.807, 2.05) is 0 Å². The highest BCUT2D eigenvalue weighted by atomic mass is 19.1. The lowest BCUT2D eigenvalue weighted by molar-refractivity contribution is 0.102. The number of pyridine rings is 1. The monoisotopic (exact) mass is 615 g/mol. The van der Waals surface area contributed by atoms with Crippen LogP contribution in [0, 0.1) is 23.5 Å². The second kappa shape index (κ2) is 13.5. The van der Waals surface area contributed by atoms with E-state index >= 15 is 4.39 Å². The highest BCUT2D eigenvalue weighted by Gasteiger charge is 2.21. The van der Waals surface area contributed by atoms with Gasteiger partial charge >= 0.3 is 5.69 Å². The van der Waals surface area contributed by atoms with Gasteiger partial charge in [0.15, 0.2) is 11.6 Å². The number of nitrogens with one attached hydrogen (secondary N) is 2. The number of benzene rings is 2. The lowest BCUT2D eigenvalue weighted by atomic mass is 10.2. The molecule has 0 spiro atoms. The van der Waals surface area contributed by atoms with E-state index in [1.54, 1.807) is 13.8 Å². The van der Waals surface area contributed by atoms with Gasteiger partial charge in [-0.05, 0) is 50.2 Å². The van der Waals surface area contributed by atoms with Crippen LogP contribution in [0.2, 0.25) is 0 Å². The molecule has 2 aromatic heterocycles. The molecular formula is C32H31F2N7O4. The van der Waals surface area contributed by atoms with Crippen LogP contribution in [0.5, 0.6) is 11.5 Å². The van der Waals surface area contributed by atoms with Gasteiger partial charge in [-0.3, -0.25) is 19.1 Å². The van der Waals surface area contributed by atoms with Gasteiger partial charge in [0.25, 0.3) is 11.5 Å². The lowest BCUT2D eigenvalue weighted by Crippen LogP contribution is -2.43. The molecule has 1 aliphatic heterocycles. The van der Waals surface area contributed by atoms with Crippen LogP contribution in [0.4, 0.5) is 20.3 Å². The number of nitrogens with two attached hydrogens (primary N) is 1. The van der Waals surface area contributed by atoms with Crippen molar-refractivity contribution in [3.8, 4) is 29.0 Å². The van der Waals surface area contributed by atoms with Crippen molar-refractivity contribution in [1.29, 1.82) is 0 Å². The molecule has 11 nitrogen and oxygen atoms in total. The molecule has 0 unspecified atom stereocenters. The summed E-state index contributed by atoms with van der Waals surface area (Å²) in [6.07, 6.45) is 2.57. The zero-order valence-electron chi connectivity index (χ0n) is 24.6. The Kier molecular flexibility index (Phi) is 9.36. The molecule has 2 aromatic carbocycles. The van der Waals surface area contributed by atoms with E-state index < -0.39 is 34.8 Å². The van der Waals surface area contributed by atoms with Gasteiger partial charge in [-0.15, -0.1) is 0 Å². The predicted molar refractivity (Wildman–Crippen MR) is 166 cm³/mol. The summed E-state index contributed by atoms with van der Waals surface area (Å²) >= 11 is 0. The van der Waals surface area contributed by atoms with E-state index in [2.05, 4.69) is 32.4 Å². The summed E-state index contributed by atoms with van der Waals surface area (Å²) < 4.78 is 36.5. The highest BCUT2D eigenvalue weighted by molar-refractivity contribution is 6.03. The number of amides is 1. The second-order valence-electron chi connectivity index (χ2n) is 10.5. The first-order chi connectivity index (χ1) is 21.6. The number of piperazine rings is 1. The molecule has 0 bridgehead atoms. The van der Waals surface area contributed by atoms with Gasteiger partial charge in [0.1, 0.15) is 28.5 Å². The maximum atomic E-state index is 15.2. The third-order valence-corrected chi connectivity index (χ3v) is 7.08. The van der Waals surface area contributed by atoms with Crippen molar-refractivity contribution in [2.24, 2.45) is 0 Å². The fraction of sp³-hybridized carbons (Fsp3) is 0.250. The maximum Gasteiger partial charge on any atom is 0.335 e. The third kappa shape index (κ3) is 7.09. The van der Waals surface area contributed by atoms with E-state index in [1.165, 1.54) is 41.1 Å². The fourth-order valence-electron chi connectivity index (χ4n) is 4.67. The number of carbonyl (C=O) groups is 1. The Morgan fingerprint density at radius 2 is 1.82 bits per heavy atom. The second-order valence-corrected chi connectivity index (χ2v) is 10.5. The summed E-state index contributed by atoms with van der Waals surface area (Å²) in [6.45, 7) is 7.47. The van der Waals surface area contributed by atoms with Crippen molar-refractivity contribution in [1.82, 2.24) is 24.3 Å². The van der Waals surface area contributed by atoms with Crippen molar-refractivity contribution in [3.05, 3.63) is 105 Å². The molecule has 4 N–H and O–H groups in total. The Bertz CT molecular complexity index is 1900. The van der Waals surface area contributed by atoms with Crippen LogP contribution in [-0.2, 0) is 0 Å². The van der Waals surface area contributed by atoms with Crippen LogP contribution >= 0.6 is 0 Å². The average Bonchev–Trinajstić information content (AvgIpc) is 3.01. The summed E-state index contributed by atoms with van der Waals surface area (Å²) in [7, 11) is 0. The number of halogens is 2. The van der Waals surface area contributed by atoms with Gasteiger partial charge in [0, 0.05) is 62.4 Å². The molecule has 4 aromatic rings. The Morgan fingerprint density at radius 3 is 2.51 bits per heavy atom. The fourth-order valence-corrected chi connectivity index (χ4v) is 4.67. The molecule has 3 heterocycles. The molecule has 0 atom stereocenters. The number of carbonyl (C=O) groups excluding carboxylic acids is 1. The Morgan fingerprint density at radius 1 is 1.09 bits per heavy atom. The van der Waals surface area contributed by atoms with Crippen LogP contribution in [0.25, 0.3) is 5.69 Å². The molecule has 5 rings (SSSR count). The van der Waals surface area contributed by atoms with Crippen molar-refractivity contribution in [3.63, 3.8) is 0 Å². The minimum Gasteiger partial charge on any atom is -0.453 e. The number of hydrogen-bond acceptors (Lipinski definition) is 8. The van der Waals surface area contributed by atoms with Gasteiger partial charge in [0.2, 0.25) is 0 Å². The minimum atomic E-state index is -0.915. The molecule has 232 valence electrons. The van der Waals surface area contributed by atoms with Crippen molar-refractivity contribution in [2.75, 3.05) is 43.8 Å². The first kappa shape index (κ1) is 31.1. The molecule has 1 saturated heterocycles. The molecule has 0 aliphatic carbocycles.